The number of nitrogens with zero attached hydrogens (tertiary/aromatic N) is 2. The summed E-state index contributed by atoms with van der Waals surface area (Å²) in [7, 11) is 0. The van der Waals surface area contributed by atoms with Gasteiger partial charge >= 0.3 is 5.97 Å². The molecule has 1 aromatic rings. The van der Waals surface area contributed by atoms with Crippen LogP contribution in [0.15, 0.2) is 0 Å². The molecule has 2 heterocycles. The number of carboxylic acid groups (broad SMARTS) is 1. The molecule has 5 heteroatoms. The highest BCUT2D eigenvalue weighted by Crippen LogP contribution is 2.39. The molecular formula is C14H19ClN2O2. The van der Waals surface area contributed by atoms with Gasteiger partial charge in [-0.25, -0.2) is 4.98 Å². The van der Waals surface area contributed by atoms with E-state index in [0.717, 1.165) is 37.3 Å². The van der Waals surface area contributed by atoms with E-state index < -0.39 is 11.9 Å². The molecule has 0 spiro atoms. The summed E-state index contributed by atoms with van der Waals surface area (Å²) in [5.74, 6) is 0.238. The molecule has 1 atom stereocenters. The Bertz CT molecular complexity index is 492. The molecule has 1 aromatic heterocycles. The average molecular weight is 283 g/mol. The second kappa shape index (κ2) is 5.16. The molecule has 2 aliphatic rings. The van der Waals surface area contributed by atoms with Crippen LogP contribution in [-0.2, 0) is 11.3 Å². The van der Waals surface area contributed by atoms with Crippen molar-refractivity contribution >= 4 is 17.6 Å². The maximum Gasteiger partial charge on any atom is 0.312 e. The Morgan fingerprint density at radius 1 is 1.21 bits per heavy atom. The standard InChI is InChI=1S/C14H19ClN2O2/c15-12-11-10(14(18)19)7-4-8-17(11)13(16-12)9-5-2-1-3-6-9/h9-10H,1-8H2,(H,18,19). The highest BCUT2D eigenvalue weighted by molar-refractivity contribution is 6.30. The van der Waals surface area contributed by atoms with Crippen molar-refractivity contribution in [2.45, 2.75) is 63.3 Å². The highest BCUT2D eigenvalue weighted by Gasteiger charge is 2.34. The van der Waals surface area contributed by atoms with Crippen molar-refractivity contribution in [3.8, 4) is 0 Å². The Hall–Kier alpha value is -1.03. The summed E-state index contributed by atoms with van der Waals surface area (Å²) in [6.45, 7) is 0.866. The van der Waals surface area contributed by atoms with Gasteiger partial charge in [0, 0.05) is 12.5 Å². The molecule has 1 aliphatic heterocycles. The number of hydrogen-bond donors (Lipinski definition) is 1. The number of halogens is 1. The fourth-order valence-corrected chi connectivity index (χ4v) is 3.84. The van der Waals surface area contributed by atoms with E-state index >= 15 is 0 Å². The summed E-state index contributed by atoms with van der Waals surface area (Å²) in [6, 6.07) is 0. The van der Waals surface area contributed by atoms with Crippen LogP contribution in [0.5, 0.6) is 0 Å². The number of fused-ring (bicyclic) bond motifs is 1. The molecule has 1 aliphatic carbocycles. The Morgan fingerprint density at radius 3 is 2.63 bits per heavy atom. The Balaban J connectivity index is 1.99. The molecule has 0 bridgehead atoms. The van der Waals surface area contributed by atoms with E-state index in [9.17, 15) is 9.90 Å². The smallest absolute Gasteiger partial charge is 0.312 e. The zero-order chi connectivity index (χ0) is 13.4. The number of imidazole rings is 1. The largest absolute Gasteiger partial charge is 0.481 e. The fourth-order valence-electron chi connectivity index (χ4n) is 3.52. The first-order chi connectivity index (χ1) is 9.18. The van der Waals surface area contributed by atoms with Gasteiger partial charge < -0.3 is 9.67 Å². The molecular weight excluding hydrogens is 264 g/mol. The number of carboxylic acids is 1. The Kier molecular flexibility index (Phi) is 3.52. The van der Waals surface area contributed by atoms with Gasteiger partial charge in [0.1, 0.15) is 11.7 Å². The number of aliphatic carboxylic acids is 1. The average Bonchev–Trinajstić information content (AvgIpc) is 2.77. The third kappa shape index (κ3) is 2.27. The summed E-state index contributed by atoms with van der Waals surface area (Å²) < 4.78 is 2.10. The van der Waals surface area contributed by atoms with Gasteiger partial charge in [-0.05, 0) is 25.7 Å². The highest BCUT2D eigenvalue weighted by atomic mass is 35.5. The van der Waals surface area contributed by atoms with Gasteiger partial charge in [0.25, 0.3) is 0 Å². The van der Waals surface area contributed by atoms with Crippen LogP contribution in [0.25, 0.3) is 0 Å². The summed E-state index contributed by atoms with van der Waals surface area (Å²) >= 11 is 6.23. The quantitative estimate of drug-likeness (QED) is 0.902. The van der Waals surface area contributed by atoms with Crippen molar-refractivity contribution in [2.24, 2.45) is 0 Å². The van der Waals surface area contributed by atoms with E-state index in [1.807, 2.05) is 0 Å². The minimum atomic E-state index is -0.780. The fraction of sp³-hybridized carbons (Fsp3) is 0.714. The first-order valence-electron chi connectivity index (χ1n) is 7.17. The van der Waals surface area contributed by atoms with Crippen LogP contribution in [0.1, 0.15) is 68.3 Å². The molecule has 0 saturated heterocycles. The normalized spacial score (nSPS) is 24.2. The van der Waals surface area contributed by atoms with E-state index in [1.54, 1.807) is 0 Å². The van der Waals surface area contributed by atoms with Crippen LogP contribution >= 0.6 is 11.6 Å². The summed E-state index contributed by atoms with van der Waals surface area (Å²) in [4.78, 5) is 15.9. The van der Waals surface area contributed by atoms with Crippen LogP contribution in [0.4, 0.5) is 0 Å². The van der Waals surface area contributed by atoms with Crippen LogP contribution in [-0.4, -0.2) is 20.6 Å². The van der Waals surface area contributed by atoms with Crippen molar-refractivity contribution in [3.05, 3.63) is 16.7 Å². The molecule has 1 N–H and O–H groups in total. The van der Waals surface area contributed by atoms with Gasteiger partial charge in [-0.15, -0.1) is 0 Å². The molecule has 3 rings (SSSR count). The van der Waals surface area contributed by atoms with Crippen molar-refractivity contribution in [1.82, 2.24) is 9.55 Å². The zero-order valence-electron chi connectivity index (χ0n) is 10.9. The van der Waals surface area contributed by atoms with Crippen molar-refractivity contribution in [3.63, 3.8) is 0 Å². The van der Waals surface area contributed by atoms with Crippen molar-refractivity contribution in [2.75, 3.05) is 0 Å². The summed E-state index contributed by atoms with van der Waals surface area (Å²) in [5.41, 5.74) is 0.737. The van der Waals surface area contributed by atoms with Crippen LogP contribution < -0.4 is 0 Å². The predicted molar refractivity (Wildman–Crippen MR) is 72.7 cm³/mol. The number of hydrogen-bond acceptors (Lipinski definition) is 2. The van der Waals surface area contributed by atoms with Gasteiger partial charge in [0.15, 0.2) is 5.15 Å². The maximum absolute atomic E-state index is 11.4. The lowest BCUT2D eigenvalue weighted by Crippen LogP contribution is -2.24. The van der Waals surface area contributed by atoms with Crippen molar-refractivity contribution in [1.29, 1.82) is 0 Å². The Labute approximate surface area is 117 Å². The summed E-state index contributed by atoms with van der Waals surface area (Å²) in [6.07, 6.45) is 7.67. The van der Waals surface area contributed by atoms with E-state index in [0.29, 0.717) is 17.5 Å². The molecule has 104 valence electrons. The minimum Gasteiger partial charge on any atom is -0.481 e. The van der Waals surface area contributed by atoms with E-state index in [1.165, 1.54) is 19.3 Å². The van der Waals surface area contributed by atoms with E-state index in [4.69, 9.17) is 11.6 Å². The SMILES string of the molecule is O=C(O)C1CCCn2c(C3CCCCC3)nc(Cl)c21. The molecule has 1 fully saturated rings. The minimum absolute atomic E-state index is 0.410. The third-order valence-electron chi connectivity index (χ3n) is 4.46. The van der Waals surface area contributed by atoms with Gasteiger partial charge in [-0.2, -0.15) is 0 Å². The second-order valence-corrected chi connectivity index (χ2v) is 6.02. The predicted octanol–water partition coefficient (Wildman–Crippen LogP) is 3.55. The molecule has 0 radical (unpaired) electrons. The first kappa shape index (κ1) is 13.0. The Morgan fingerprint density at radius 2 is 1.95 bits per heavy atom. The van der Waals surface area contributed by atoms with Crippen LogP contribution in [0.2, 0.25) is 5.15 Å². The number of rotatable bonds is 2. The summed E-state index contributed by atoms with van der Waals surface area (Å²) in [5, 5.41) is 9.74. The number of aromatic nitrogens is 2. The monoisotopic (exact) mass is 282 g/mol. The van der Waals surface area contributed by atoms with Gasteiger partial charge in [0.2, 0.25) is 0 Å². The molecule has 1 saturated carbocycles. The topological polar surface area (TPSA) is 55.1 Å². The first-order valence-corrected chi connectivity index (χ1v) is 7.55. The lowest BCUT2D eigenvalue weighted by Gasteiger charge is -2.26. The van der Waals surface area contributed by atoms with Crippen LogP contribution in [0.3, 0.4) is 0 Å². The van der Waals surface area contributed by atoms with Gasteiger partial charge in [-0.1, -0.05) is 30.9 Å². The van der Waals surface area contributed by atoms with Gasteiger partial charge in [0.05, 0.1) is 5.69 Å². The molecule has 0 amide bonds. The molecule has 4 nitrogen and oxygen atoms in total. The number of carbonyl (C=O) groups is 1. The molecule has 1 unspecified atom stereocenters. The van der Waals surface area contributed by atoms with E-state index in [-0.39, 0.29) is 0 Å². The van der Waals surface area contributed by atoms with E-state index in [2.05, 4.69) is 9.55 Å². The van der Waals surface area contributed by atoms with Gasteiger partial charge in [-0.3, -0.25) is 4.79 Å². The molecule has 19 heavy (non-hydrogen) atoms. The third-order valence-corrected chi connectivity index (χ3v) is 4.74. The second-order valence-electron chi connectivity index (χ2n) is 5.67. The maximum atomic E-state index is 11.4. The zero-order valence-corrected chi connectivity index (χ0v) is 11.7. The van der Waals surface area contributed by atoms with Crippen LogP contribution in [0, 0.1) is 0 Å². The lowest BCUT2D eigenvalue weighted by molar-refractivity contribution is -0.139. The lowest BCUT2D eigenvalue weighted by atomic mass is 9.88. The molecule has 0 aromatic carbocycles. The van der Waals surface area contributed by atoms with Crippen molar-refractivity contribution < 1.29 is 9.90 Å².